The third kappa shape index (κ3) is 3.85. The molecule has 0 aliphatic rings. The highest BCUT2D eigenvalue weighted by Crippen LogP contribution is 2.22. The Labute approximate surface area is 128 Å². The van der Waals surface area contributed by atoms with Crippen molar-refractivity contribution in [1.82, 2.24) is 5.32 Å². The molecule has 0 spiro atoms. The number of ether oxygens (including phenoxy) is 1. The molecule has 2 aromatic rings. The van der Waals surface area contributed by atoms with Crippen molar-refractivity contribution in [3.8, 4) is 5.75 Å². The molecule has 0 aliphatic carbocycles. The Kier molecular flexibility index (Phi) is 5.03. The molecule has 1 unspecified atom stereocenters. The second kappa shape index (κ2) is 6.77. The van der Waals surface area contributed by atoms with E-state index in [-0.39, 0.29) is 0 Å². The number of hydrogen-bond donors (Lipinski definition) is 1. The molecule has 1 N–H and O–H groups in total. The van der Waals surface area contributed by atoms with Crippen LogP contribution in [-0.2, 0) is 6.54 Å². The van der Waals surface area contributed by atoms with E-state index in [1.54, 1.807) is 7.11 Å². The fourth-order valence-electron chi connectivity index (χ4n) is 2.73. The van der Waals surface area contributed by atoms with Crippen LogP contribution in [0.2, 0.25) is 0 Å². The fourth-order valence-corrected chi connectivity index (χ4v) is 2.73. The summed E-state index contributed by atoms with van der Waals surface area (Å²) in [7, 11) is 1.72. The first-order valence-corrected chi connectivity index (χ1v) is 7.45. The Morgan fingerprint density at radius 1 is 1.00 bits per heavy atom. The Bertz CT molecular complexity index is 619. The van der Waals surface area contributed by atoms with Crippen LogP contribution in [-0.4, -0.2) is 7.11 Å². The zero-order valence-corrected chi connectivity index (χ0v) is 13.7. The average Bonchev–Trinajstić information content (AvgIpc) is 2.45. The van der Waals surface area contributed by atoms with E-state index in [2.05, 4.69) is 63.3 Å². The van der Waals surface area contributed by atoms with Crippen LogP contribution < -0.4 is 10.1 Å². The molecule has 0 saturated heterocycles. The van der Waals surface area contributed by atoms with Gasteiger partial charge in [0.05, 0.1) is 7.11 Å². The third-order valence-corrected chi connectivity index (χ3v) is 3.93. The van der Waals surface area contributed by atoms with Crippen LogP contribution in [0.15, 0.2) is 36.4 Å². The summed E-state index contributed by atoms with van der Waals surface area (Å²) in [6, 6.07) is 13.2. The van der Waals surface area contributed by atoms with E-state index < -0.39 is 0 Å². The first-order chi connectivity index (χ1) is 10.0. The van der Waals surface area contributed by atoms with Crippen LogP contribution in [0.4, 0.5) is 0 Å². The van der Waals surface area contributed by atoms with Crippen molar-refractivity contribution in [2.75, 3.05) is 7.11 Å². The molecule has 0 heterocycles. The Morgan fingerprint density at radius 3 is 2.33 bits per heavy atom. The third-order valence-electron chi connectivity index (χ3n) is 3.93. The van der Waals surface area contributed by atoms with E-state index in [1.165, 1.54) is 27.8 Å². The Hall–Kier alpha value is -1.80. The number of rotatable bonds is 5. The van der Waals surface area contributed by atoms with Gasteiger partial charge in [-0.3, -0.25) is 0 Å². The maximum Gasteiger partial charge on any atom is 0.123 e. The zero-order valence-electron chi connectivity index (χ0n) is 13.7. The molecule has 0 radical (unpaired) electrons. The molecule has 1 atom stereocenters. The van der Waals surface area contributed by atoms with Gasteiger partial charge >= 0.3 is 0 Å². The minimum atomic E-state index is 0.316. The van der Waals surface area contributed by atoms with E-state index in [9.17, 15) is 0 Å². The summed E-state index contributed by atoms with van der Waals surface area (Å²) >= 11 is 0. The highest BCUT2D eigenvalue weighted by molar-refractivity contribution is 5.37. The summed E-state index contributed by atoms with van der Waals surface area (Å²) in [5.41, 5.74) is 6.46. The molecule has 0 amide bonds. The van der Waals surface area contributed by atoms with Gasteiger partial charge in [-0.2, -0.15) is 0 Å². The Balaban J connectivity index is 2.10. The molecule has 2 aromatic carbocycles. The molecule has 2 nitrogen and oxygen atoms in total. The maximum atomic E-state index is 5.44. The van der Waals surface area contributed by atoms with Crippen LogP contribution in [0.3, 0.4) is 0 Å². The average molecular weight is 283 g/mol. The molecule has 0 saturated carbocycles. The largest absolute Gasteiger partial charge is 0.496 e. The first-order valence-electron chi connectivity index (χ1n) is 7.45. The predicted molar refractivity (Wildman–Crippen MR) is 88.9 cm³/mol. The minimum Gasteiger partial charge on any atom is -0.496 e. The van der Waals surface area contributed by atoms with Crippen molar-refractivity contribution in [2.24, 2.45) is 0 Å². The number of methoxy groups -OCH3 is 1. The van der Waals surface area contributed by atoms with Gasteiger partial charge in [0.1, 0.15) is 5.75 Å². The summed E-state index contributed by atoms with van der Waals surface area (Å²) in [4.78, 5) is 0. The quantitative estimate of drug-likeness (QED) is 0.874. The number of nitrogens with one attached hydrogen (secondary N) is 1. The van der Waals surface area contributed by atoms with Gasteiger partial charge < -0.3 is 10.1 Å². The lowest BCUT2D eigenvalue weighted by atomic mass is 10.00. The zero-order chi connectivity index (χ0) is 15.4. The molecule has 2 rings (SSSR count). The van der Waals surface area contributed by atoms with Gasteiger partial charge in [0.15, 0.2) is 0 Å². The van der Waals surface area contributed by atoms with Crippen molar-refractivity contribution in [2.45, 2.75) is 40.3 Å². The highest BCUT2D eigenvalue weighted by Gasteiger charge is 2.10. The van der Waals surface area contributed by atoms with E-state index in [4.69, 9.17) is 4.74 Å². The second-order valence-electron chi connectivity index (χ2n) is 5.78. The topological polar surface area (TPSA) is 21.3 Å². The molecule has 112 valence electrons. The minimum absolute atomic E-state index is 0.316. The van der Waals surface area contributed by atoms with Gasteiger partial charge in [-0.05, 0) is 44.9 Å². The van der Waals surface area contributed by atoms with Crippen LogP contribution >= 0.6 is 0 Å². The Morgan fingerprint density at radius 2 is 1.67 bits per heavy atom. The summed E-state index contributed by atoms with van der Waals surface area (Å²) < 4.78 is 5.44. The molecule has 0 aliphatic heterocycles. The van der Waals surface area contributed by atoms with E-state index in [0.717, 1.165) is 12.3 Å². The molecule has 21 heavy (non-hydrogen) atoms. The van der Waals surface area contributed by atoms with Gasteiger partial charge in [-0.15, -0.1) is 0 Å². The predicted octanol–water partition coefficient (Wildman–Crippen LogP) is 4.47. The van der Waals surface area contributed by atoms with E-state index in [0.29, 0.717) is 6.04 Å². The standard InChI is InChI=1S/C19H25NO/c1-13-6-8-18(15(3)10-13)16(4)20-12-17-11-14(2)7-9-19(17)21-5/h6-11,16,20H,12H2,1-5H3. The van der Waals surface area contributed by atoms with Crippen LogP contribution in [0.5, 0.6) is 5.75 Å². The monoisotopic (exact) mass is 283 g/mol. The first kappa shape index (κ1) is 15.6. The molecule has 0 aromatic heterocycles. The summed E-state index contributed by atoms with van der Waals surface area (Å²) in [5, 5.41) is 3.60. The van der Waals surface area contributed by atoms with Gasteiger partial charge in [0.2, 0.25) is 0 Å². The number of benzene rings is 2. The van der Waals surface area contributed by atoms with Gasteiger partial charge in [0.25, 0.3) is 0 Å². The molecule has 0 fully saturated rings. The van der Waals surface area contributed by atoms with Crippen molar-refractivity contribution in [3.05, 3.63) is 64.2 Å². The number of aryl methyl sites for hydroxylation is 3. The molecular weight excluding hydrogens is 258 g/mol. The summed E-state index contributed by atoms with van der Waals surface area (Å²) in [6.45, 7) is 9.43. The SMILES string of the molecule is COc1ccc(C)cc1CNC(C)c1ccc(C)cc1C. The van der Waals surface area contributed by atoms with Crippen molar-refractivity contribution < 1.29 is 4.74 Å². The maximum absolute atomic E-state index is 5.44. The van der Waals surface area contributed by atoms with E-state index in [1.807, 2.05) is 6.07 Å². The lowest BCUT2D eigenvalue weighted by molar-refractivity contribution is 0.406. The van der Waals surface area contributed by atoms with Crippen molar-refractivity contribution >= 4 is 0 Å². The van der Waals surface area contributed by atoms with Crippen LogP contribution in [0.1, 0.15) is 40.8 Å². The summed E-state index contributed by atoms with van der Waals surface area (Å²) in [5.74, 6) is 0.945. The lowest BCUT2D eigenvalue weighted by Gasteiger charge is -2.18. The van der Waals surface area contributed by atoms with E-state index >= 15 is 0 Å². The lowest BCUT2D eigenvalue weighted by Crippen LogP contribution is -2.19. The smallest absolute Gasteiger partial charge is 0.123 e. The van der Waals surface area contributed by atoms with Gasteiger partial charge in [-0.1, -0.05) is 41.5 Å². The van der Waals surface area contributed by atoms with Gasteiger partial charge in [0, 0.05) is 18.2 Å². The second-order valence-corrected chi connectivity index (χ2v) is 5.78. The highest BCUT2D eigenvalue weighted by atomic mass is 16.5. The normalized spacial score (nSPS) is 12.2. The van der Waals surface area contributed by atoms with Crippen molar-refractivity contribution in [3.63, 3.8) is 0 Å². The van der Waals surface area contributed by atoms with Crippen molar-refractivity contribution in [1.29, 1.82) is 0 Å². The van der Waals surface area contributed by atoms with Crippen LogP contribution in [0, 0.1) is 20.8 Å². The fraction of sp³-hybridized carbons (Fsp3) is 0.368. The molecular formula is C19H25NO. The van der Waals surface area contributed by atoms with Crippen LogP contribution in [0.25, 0.3) is 0 Å². The summed E-state index contributed by atoms with van der Waals surface area (Å²) in [6.07, 6.45) is 0. The molecule has 0 bridgehead atoms. The molecule has 2 heteroatoms. The van der Waals surface area contributed by atoms with Gasteiger partial charge in [-0.25, -0.2) is 0 Å². The number of hydrogen-bond acceptors (Lipinski definition) is 2.